The van der Waals surface area contributed by atoms with Gasteiger partial charge >= 0.3 is 5.00 Å². The van der Waals surface area contributed by atoms with Gasteiger partial charge < -0.3 is 15.2 Å². The summed E-state index contributed by atoms with van der Waals surface area (Å²) in [6, 6.07) is -0.0965. The van der Waals surface area contributed by atoms with E-state index in [4.69, 9.17) is 9.84 Å². The second kappa shape index (κ2) is 6.36. The number of aromatic nitrogens is 1. The van der Waals surface area contributed by atoms with Gasteiger partial charge in [0.2, 0.25) is 0 Å². The van der Waals surface area contributed by atoms with Crippen LogP contribution in [0.5, 0.6) is 0 Å². The number of nitrogens with one attached hydrogen (secondary N) is 1. The van der Waals surface area contributed by atoms with Gasteiger partial charge in [-0.2, -0.15) is 0 Å². The Morgan fingerprint density at radius 2 is 2.56 bits per heavy atom. The van der Waals surface area contributed by atoms with Crippen molar-refractivity contribution in [1.29, 1.82) is 0 Å². The zero-order valence-corrected chi connectivity index (χ0v) is 9.57. The molecule has 1 heterocycles. The predicted molar refractivity (Wildman–Crippen MR) is 59.8 cm³/mol. The zero-order valence-electron chi connectivity index (χ0n) is 8.75. The molecule has 0 aliphatic carbocycles. The predicted octanol–water partition coefficient (Wildman–Crippen LogP) is 0.861. The highest BCUT2D eigenvalue weighted by Crippen LogP contribution is 2.25. The first-order chi connectivity index (χ1) is 7.67. The molecular weight excluding hydrogens is 234 g/mol. The molecule has 0 saturated carbocycles. The third kappa shape index (κ3) is 3.72. The van der Waals surface area contributed by atoms with Crippen molar-refractivity contribution < 1.29 is 14.8 Å². The fourth-order valence-electron chi connectivity index (χ4n) is 1.15. The Labute approximate surface area is 96.2 Å². The second-order valence-electron chi connectivity index (χ2n) is 3.07. The van der Waals surface area contributed by atoms with E-state index in [1.165, 1.54) is 6.20 Å². The third-order valence-corrected chi connectivity index (χ3v) is 2.73. The van der Waals surface area contributed by atoms with E-state index in [2.05, 4.69) is 10.3 Å². The number of hydrogen-bond acceptors (Lipinski definition) is 7. The molecule has 0 aliphatic rings. The van der Waals surface area contributed by atoms with Crippen LogP contribution in [0.4, 0.5) is 10.1 Å². The van der Waals surface area contributed by atoms with Crippen molar-refractivity contribution in [3.63, 3.8) is 0 Å². The standard InChI is InChI=1S/C8H13N3O4S/c1-15-5-6(2-3-12)10-8-9-4-7(16-8)11(13)14/h4,6,12H,2-3,5H2,1H3,(H,9,10). The maximum atomic E-state index is 10.4. The Morgan fingerprint density at radius 3 is 3.06 bits per heavy atom. The monoisotopic (exact) mass is 247 g/mol. The van der Waals surface area contributed by atoms with Crippen molar-refractivity contribution in [2.75, 3.05) is 25.6 Å². The maximum absolute atomic E-state index is 10.4. The summed E-state index contributed by atoms with van der Waals surface area (Å²) in [6.45, 7) is 0.433. The molecule has 16 heavy (non-hydrogen) atoms. The highest BCUT2D eigenvalue weighted by atomic mass is 32.1. The van der Waals surface area contributed by atoms with E-state index in [-0.39, 0.29) is 17.6 Å². The van der Waals surface area contributed by atoms with Gasteiger partial charge in [-0.25, -0.2) is 4.98 Å². The van der Waals surface area contributed by atoms with E-state index < -0.39 is 4.92 Å². The van der Waals surface area contributed by atoms with Crippen molar-refractivity contribution >= 4 is 21.5 Å². The van der Waals surface area contributed by atoms with Crippen LogP contribution in [0.1, 0.15) is 6.42 Å². The average Bonchev–Trinajstić information content (AvgIpc) is 2.67. The molecule has 7 nitrogen and oxygen atoms in total. The van der Waals surface area contributed by atoms with Gasteiger partial charge in [-0.15, -0.1) is 0 Å². The van der Waals surface area contributed by atoms with E-state index in [0.29, 0.717) is 18.2 Å². The summed E-state index contributed by atoms with van der Waals surface area (Å²) in [4.78, 5) is 13.8. The molecule has 1 rings (SSSR count). The van der Waals surface area contributed by atoms with E-state index >= 15 is 0 Å². The summed E-state index contributed by atoms with van der Waals surface area (Å²) in [5.41, 5.74) is 0. The summed E-state index contributed by atoms with van der Waals surface area (Å²) in [6.07, 6.45) is 1.71. The van der Waals surface area contributed by atoms with Gasteiger partial charge in [0.1, 0.15) is 6.20 Å². The third-order valence-electron chi connectivity index (χ3n) is 1.85. The molecule has 2 N–H and O–H groups in total. The lowest BCUT2D eigenvalue weighted by atomic mass is 10.2. The minimum Gasteiger partial charge on any atom is -0.396 e. The fraction of sp³-hybridized carbons (Fsp3) is 0.625. The van der Waals surface area contributed by atoms with Gasteiger partial charge in [0.05, 0.1) is 17.6 Å². The van der Waals surface area contributed by atoms with Crippen molar-refractivity contribution in [3.05, 3.63) is 16.3 Å². The van der Waals surface area contributed by atoms with E-state index in [1.807, 2.05) is 0 Å². The minimum atomic E-state index is -0.486. The van der Waals surface area contributed by atoms with Crippen molar-refractivity contribution in [2.45, 2.75) is 12.5 Å². The quantitative estimate of drug-likeness (QED) is 0.548. The lowest BCUT2D eigenvalue weighted by Crippen LogP contribution is -2.25. The SMILES string of the molecule is COCC(CCO)Nc1ncc([N+](=O)[O-])s1. The molecule has 0 radical (unpaired) electrons. The van der Waals surface area contributed by atoms with Gasteiger partial charge in [0, 0.05) is 13.7 Å². The Hall–Kier alpha value is -1.25. The number of nitrogens with zero attached hydrogens (tertiary/aromatic N) is 2. The van der Waals surface area contributed by atoms with Gasteiger partial charge in [-0.05, 0) is 17.8 Å². The number of aliphatic hydroxyl groups is 1. The highest BCUT2D eigenvalue weighted by molar-refractivity contribution is 7.18. The van der Waals surface area contributed by atoms with Crippen LogP contribution in [0.25, 0.3) is 0 Å². The van der Waals surface area contributed by atoms with E-state index in [9.17, 15) is 10.1 Å². The van der Waals surface area contributed by atoms with Crippen LogP contribution in [-0.2, 0) is 4.74 Å². The Balaban J connectivity index is 2.58. The molecule has 90 valence electrons. The normalized spacial score (nSPS) is 12.4. The lowest BCUT2D eigenvalue weighted by molar-refractivity contribution is -0.380. The van der Waals surface area contributed by atoms with Crippen molar-refractivity contribution in [3.8, 4) is 0 Å². The number of thiazole rings is 1. The molecule has 0 aliphatic heterocycles. The first-order valence-electron chi connectivity index (χ1n) is 4.64. The molecule has 0 aromatic carbocycles. The molecule has 1 aromatic rings. The van der Waals surface area contributed by atoms with Gasteiger partial charge in [-0.3, -0.25) is 10.1 Å². The molecule has 1 aromatic heterocycles. The van der Waals surface area contributed by atoms with Crippen LogP contribution < -0.4 is 5.32 Å². The van der Waals surface area contributed by atoms with Crippen LogP contribution in [0.2, 0.25) is 0 Å². The largest absolute Gasteiger partial charge is 0.396 e. The smallest absolute Gasteiger partial charge is 0.345 e. The summed E-state index contributed by atoms with van der Waals surface area (Å²) in [7, 11) is 1.55. The number of aliphatic hydroxyl groups excluding tert-OH is 1. The Bertz CT molecular complexity index is 338. The number of rotatable bonds is 7. The van der Waals surface area contributed by atoms with Crippen LogP contribution in [-0.4, -0.2) is 41.4 Å². The average molecular weight is 247 g/mol. The molecule has 1 atom stereocenters. The number of ether oxygens (including phenoxy) is 1. The van der Waals surface area contributed by atoms with Crippen LogP contribution in [0, 0.1) is 10.1 Å². The molecule has 0 saturated heterocycles. The highest BCUT2D eigenvalue weighted by Gasteiger charge is 2.14. The van der Waals surface area contributed by atoms with Crippen LogP contribution >= 0.6 is 11.3 Å². The topological polar surface area (TPSA) is 97.5 Å². The fourth-order valence-corrected chi connectivity index (χ4v) is 1.85. The van der Waals surface area contributed by atoms with Gasteiger partial charge in [0.25, 0.3) is 0 Å². The first kappa shape index (κ1) is 12.8. The number of nitro groups is 1. The summed E-state index contributed by atoms with van der Waals surface area (Å²) < 4.78 is 4.95. The summed E-state index contributed by atoms with van der Waals surface area (Å²) in [5.74, 6) is 0. The second-order valence-corrected chi connectivity index (χ2v) is 4.08. The van der Waals surface area contributed by atoms with Crippen LogP contribution in [0.3, 0.4) is 0 Å². The molecule has 0 spiro atoms. The Kier molecular flexibility index (Phi) is 5.09. The molecule has 0 bridgehead atoms. The zero-order chi connectivity index (χ0) is 12.0. The molecule has 1 unspecified atom stereocenters. The molecular formula is C8H13N3O4S. The Morgan fingerprint density at radius 1 is 1.81 bits per heavy atom. The minimum absolute atomic E-state index is 0.0114. The number of methoxy groups -OCH3 is 1. The van der Waals surface area contributed by atoms with Crippen molar-refractivity contribution in [1.82, 2.24) is 4.98 Å². The van der Waals surface area contributed by atoms with Crippen LogP contribution in [0.15, 0.2) is 6.20 Å². The summed E-state index contributed by atoms with van der Waals surface area (Å²) >= 11 is 0.963. The summed E-state index contributed by atoms with van der Waals surface area (Å²) in [5, 5.41) is 22.7. The van der Waals surface area contributed by atoms with Gasteiger partial charge in [-0.1, -0.05) is 0 Å². The molecule has 8 heteroatoms. The van der Waals surface area contributed by atoms with E-state index in [1.54, 1.807) is 7.11 Å². The first-order valence-corrected chi connectivity index (χ1v) is 5.45. The van der Waals surface area contributed by atoms with Crippen molar-refractivity contribution in [2.24, 2.45) is 0 Å². The number of hydrogen-bond donors (Lipinski definition) is 2. The van der Waals surface area contributed by atoms with E-state index in [0.717, 1.165) is 11.3 Å². The lowest BCUT2D eigenvalue weighted by Gasteiger charge is -2.15. The molecule has 0 amide bonds. The van der Waals surface area contributed by atoms with Gasteiger partial charge in [0.15, 0.2) is 5.13 Å². The number of anilines is 1. The molecule has 0 fully saturated rings. The maximum Gasteiger partial charge on any atom is 0.345 e.